The normalized spacial score (nSPS) is 11.3. The molecule has 0 atom stereocenters. The Balaban J connectivity index is 1.48. The second-order valence-electron chi connectivity index (χ2n) is 7.59. The minimum Gasteiger partial charge on any atom is -0.354 e. The largest absolute Gasteiger partial charge is 0.354 e. The van der Waals surface area contributed by atoms with Crippen LogP contribution in [0.15, 0.2) is 54.7 Å². The predicted octanol–water partition coefficient (Wildman–Crippen LogP) is 4.40. The lowest BCUT2D eigenvalue weighted by molar-refractivity contribution is -0.121. The van der Waals surface area contributed by atoms with E-state index in [2.05, 4.69) is 20.6 Å². The number of benzene rings is 2. The average molecular weight is 405 g/mol. The Morgan fingerprint density at radius 1 is 1.17 bits per heavy atom. The predicted molar refractivity (Wildman–Crippen MR) is 114 cm³/mol. The van der Waals surface area contributed by atoms with E-state index in [0.717, 1.165) is 33.4 Å². The van der Waals surface area contributed by atoms with Crippen molar-refractivity contribution in [3.05, 3.63) is 71.8 Å². The van der Waals surface area contributed by atoms with E-state index < -0.39 is 0 Å². The van der Waals surface area contributed by atoms with Crippen molar-refractivity contribution >= 4 is 16.8 Å². The molecule has 0 bridgehead atoms. The van der Waals surface area contributed by atoms with Crippen molar-refractivity contribution in [3.8, 4) is 11.3 Å². The van der Waals surface area contributed by atoms with Gasteiger partial charge in [0, 0.05) is 29.1 Å². The molecule has 0 spiro atoms. The molecular formula is C23H24FN5O. The quantitative estimate of drug-likeness (QED) is 0.479. The molecular weight excluding hydrogens is 381 g/mol. The molecule has 1 amide bonds. The highest BCUT2D eigenvalue weighted by molar-refractivity contribution is 5.91. The van der Waals surface area contributed by atoms with E-state index in [0.29, 0.717) is 19.4 Å². The molecule has 2 N–H and O–H groups in total. The number of nitrogens with one attached hydrogen (secondary N) is 2. The van der Waals surface area contributed by atoms with Crippen LogP contribution in [-0.2, 0) is 17.8 Å². The number of carbonyl (C=O) groups is 1. The van der Waals surface area contributed by atoms with Crippen LogP contribution < -0.4 is 5.32 Å². The van der Waals surface area contributed by atoms with E-state index >= 15 is 0 Å². The van der Waals surface area contributed by atoms with E-state index in [1.54, 1.807) is 16.8 Å². The van der Waals surface area contributed by atoms with Crippen LogP contribution in [0.5, 0.6) is 0 Å². The maximum Gasteiger partial charge on any atom is 0.220 e. The third-order valence-electron chi connectivity index (χ3n) is 5.10. The fourth-order valence-electron chi connectivity index (χ4n) is 3.49. The third kappa shape index (κ3) is 4.25. The summed E-state index contributed by atoms with van der Waals surface area (Å²) >= 11 is 0. The molecule has 6 nitrogen and oxygen atoms in total. The zero-order chi connectivity index (χ0) is 21.1. The molecule has 0 saturated heterocycles. The first-order valence-corrected chi connectivity index (χ1v) is 10.0. The van der Waals surface area contributed by atoms with Gasteiger partial charge in [0.1, 0.15) is 11.5 Å². The number of fused-ring (bicyclic) bond motifs is 1. The average Bonchev–Trinajstić information content (AvgIpc) is 3.36. The minimum absolute atomic E-state index is 0.0514. The van der Waals surface area contributed by atoms with Crippen LogP contribution in [0.3, 0.4) is 0 Å². The lowest BCUT2D eigenvalue weighted by Gasteiger charge is -2.07. The number of aromatic amines is 1. The summed E-state index contributed by atoms with van der Waals surface area (Å²) in [5.74, 6) is -0.324. The Morgan fingerprint density at radius 3 is 2.67 bits per heavy atom. The van der Waals surface area contributed by atoms with E-state index in [-0.39, 0.29) is 17.8 Å². The summed E-state index contributed by atoms with van der Waals surface area (Å²) in [6.45, 7) is 4.40. The summed E-state index contributed by atoms with van der Waals surface area (Å²) in [4.78, 5) is 15.9. The van der Waals surface area contributed by atoms with E-state index in [9.17, 15) is 9.18 Å². The molecule has 2 heterocycles. The number of nitrogens with zero attached hydrogens (tertiary/aromatic N) is 3. The number of carbonyl (C=O) groups excluding carboxylic acids is 1. The molecule has 2 aromatic carbocycles. The molecule has 4 rings (SSSR count). The highest BCUT2D eigenvalue weighted by atomic mass is 19.1. The van der Waals surface area contributed by atoms with Crippen molar-refractivity contribution in [2.24, 2.45) is 0 Å². The number of para-hydroxylation sites is 1. The summed E-state index contributed by atoms with van der Waals surface area (Å²) in [6, 6.07) is 14.6. The highest BCUT2D eigenvalue weighted by Gasteiger charge is 2.15. The second-order valence-corrected chi connectivity index (χ2v) is 7.59. The standard InChI is InChI=1S/C23H24FN5O/c1-15(2)29-14-18(27-28-29)13-25-22(30)12-11-20-19-5-3-4-6-21(19)26-23(20)16-7-9-17(24)10-8-16/h3-10,14-15,26H,11-13H2,1-2H3,(H,25,30). The van der Waals surface area contributed by atoms with Gasteiger partial charge < -0.3 is 10.3 Å². The van der Waals surface area contributed by atoms with Gasteiger partial charge in [0.05, 0.1) is 12.7 Å². The molecule has 2 aromatic heterocycles. The van der Waals surface area contributed by atoms with Gasteiger partial charge >= 0.3 is 0 Å². The summed E-state index contributed by atoms with van der Waals surface area (Å²) < 4.78 is 15.1. The molecule has 154 valence electrons. The smallest absolute Gasteiger partial charge is 0.220 e. The zero-order valence-corrected chi connectivity index (χ0v) is 17.0. The van der Waals surface area contributed by atoms with Crippen molar-refractivity contribution in [3.63, 3.8) is 0 Å². The number of amides is 1. The number of hydrogen-bond donors (Lipinski definition) is 2. The number of hydrogen-bond acceptors (Lipinski definition) is 3. The van der Waals surface area contributed by atoms with Gasteiger partial charge in [0.15, 0.2) is 0 Å². The number of halogens is 1. The van der Waals surface area contributed by atoms with Crippen molar-refractivity contribution in [1.29, 1.82) is 0 Å². The maximum absolute atomic E-state index is 13.4. The first-order chi connectivity index (χ1) is 14.5. The molecule has 4 aromatic rings. The van der Waals surface area contributed by atoms with Crippen LogP contribution in [0.4, 0.5) is 4.39 Å². The second kappa shape index (κ2) is 8.49. The number of aromatic nitrogens is 4. The van der Waals surface area contributed by atoms with Gasteiger partial charge in [-0.3, -0.25) is 4.79 Å². The first-order valence-electron chi connectivity index (χ1n) is 10.0. The number of H-pyrrole nitrogens is 1. The first kappa shape index (κ1) is 19.8. The molecule has 0 radical (unpaired) electrons. The molecule has 30 heavy (non-hydrogen) atoms. The van der Waals surface area contributed by atoms with E-state index in [1.165, 1.54) is 12.1 Å². The Labute approximate surface area is 174 Å². The van der Waals surface area contributed by atoms with Crippen LogP contribution in [0, 0.1) is 5.82 Å². The molecule has 0 unspecified atom stereocenters. The SMILES string of the molecule is CC(C)n1cc(CNC(=O)CCc2c(-c3ccc(F)cc3)[nH]c3ccccc23)nn1. The van der Waals surface area contributed by atoms with Gasteiger partial charge in [-0.15, -0.1) is 5.10 Å². The fourth-order valence-corrected chi connectivity index (χ4v) is 3.49. The van der Waals surface area contributed by atoms with Gasteiger partial charge in [-0.05, 0) is 61.7 Å². The molecule has 0 aliphatic heterocycles. The molecule has 0 aliphatic carbocycles. The van der Waals surface area contributed by atoms with Crippen molar-refractivity contribution < 1.29 is 9.18 Å². The van der Waals surface area contributed by atoms with Gasteiger partial charge in [-0.1, -0.05) is 23.4 Å². The Morgan fingerprint density at radius 2 is 1.93 bits per heavy atom. The molecule has 0 saturated carbocycles. The summed E-state index contributed by atoms with van der Waals surface area (Å²) in [5.41, 5.74) is 4.60. The van der Waals surface area contributed by atoms with Gasteiger partial charge in [-0.2, -0.15) is 0 Å². The van der Waals surface area contributed by atoms with Gasteiger partial charge in [0.2, 0.25) is 5.91 Å². The van der Waals surface area contributed by atoms with Crippen LogP contribution in [0.25, 0.3) is 22.2 Å². The number of rotatable bonds is 7. The van der Waals surface area contributed by atoms with Crippen LogP contribution >= 0.6 is 0 Å². The van der Waals surface area contributed by atoms with Gasteiger partial charge in [-0.25, -0.2) is 9.07 Å². The summed E-state index contributed by atoms with van der Waals surface area (Å²) in [6.07, 6.45) is 2.76. The molecule has 7 heteroatoms. The minimum atomic E-state index is -0.273. The van der Waals surface area contributed by atoms with Crippen molar-refractivity contribution in [2.45, 2.75) is 39.3 Å². The summed E-state index contributed by atoms with van der Waals surface area (Å²) in [7, 11) is 0. The zero-order valence-electron chi connectivity index (χ0n) is 17.0. The fraction of sp³-hybridized carbons (Fsp3) is 0.261. The van der Waals surface area contributed by atoms with Gasteiger partial charge in [0.25, 0.3) is 0 Å². The monoisotopic (exact) mass is 405 g/mol. The van der Waals surface area contributed by atoms with Crippen LogP contribution in [-0.4, -0.2) is 25.9 Å². The van der Waals surface area contributed by atoms with Crippen LogP contribution in [0.2, 0.25) is 0 Å². The number of aryl methyl sites for hydroxylation is 1. The maximum atomic E-state index is 13.4. The Hall–Kier alpha value is -3.48. The molecule has 0 aliphatic rings. The Kier molecular flexibility index (Phi) is 5.61. The van der Waals surface area contributed by atoms with E-state index in [1.807, 2.05) is 44.3 Å². The van der Waals surface area contributed by atoms with Crippen molar-refractivity contribution in [1.82, 2.24) is 25.3 Å². The lowest BCUT2D eigenvalue weighted by atomic mass is 10.0. The topological polar surface area (TPSA) is 75.6 Å². The summed E-state index contributed by atoms with van der Waals surface area (Å²) in [5, 5.41) is 12.1. The Bertz CT molecular complexity index is 1160. The molecule has 0 fully saturated rings. The van der Waals surface area contributed by atoms with Crippen molar-refractivity contribution in [2.75, 3.05) is 0 Å². The van der Waals surface area contributed by atoms with Crippen LogP contribution in [0.1, 0.15) is 37.6 Å². The lowest BCUT2D eigenvalue weighted by Crippen LogP contribution is -2.23. The van der Waals surface area contributed by atoms with E-state index in [4.69, 9.17) is 0 Å². The third-order valence-corrected chi connectivity index (χ3v) is 5.10. The highest BCUT2D eigenvalue weighted by Crippen LogP contribution is 2.31.